The second-order valence-corrected chi connectivity index (χ2v) is 10.5. The molecule has 0 saturated heterocycles. The molecular weight excluding hydrogens is 338 g/mol. The van der Waals surface area contributed by atoms with Crippen molar-refractivity contribution in [1.82, 2.24) is 5.32 Å². The molecule has 0 bridgehead atoms. The first-order valence-corrected chi connectivity index (χ1v) is 11.3. The van der Waals surface area contributed by atoms with Gasteiger partial charge in [0.05, 0.1) is 6.10 Å². The third-order valence-electron chi connectivity index (χ3n) is 4.64. The van der Waals surface area contributed by atoms with Crippen LogP contribution in [0.1, 0.15) is 65.7 Å². The first kappa shape index (κ1) is 24.5. The van der Waals surface area contributed by atoms with Gasteiger partial charge in [0.1, 0.15) is 0 Å². The van der Waals surface area contributed by atoms with Crippen LogP contribution >= 0.6 is 0 Å². The molecule has 0 aromatic carbocycles. The fourth-order valence-electron chi connectivity index (χ4n) is 2.64. The van der Waals surface area contributed by atoms with Gasteiger partial charge < -0.3 is 23.7 Å². The van der Waals surface area contributed by atoms with Gasteiger partial charge in [-0.2, -0.15) is 0 Å². The molecule has 0 aliphatic heterocycles. The van der Waals surface area contributed by atoms with Crippen molar-refractivity contribution in [1.29, 1.82) is 0 Å². The number of hydrogen-bond donors (Lipinski definition) is 2. The van der Waals surface area contributed by atoms with Gasteiger partial charge in [-0.25, -0.2) is 0 Å². The van der Waals surface area contributed by atoms with Crippen molar-refractivity contribution < 1.29 is 23.2 Å². The van der Waals surface area contributed by atoms with Gasteiger partial charge in [-0.05, 0) is 31.1 Å². The standard InChI is InChI=1S/C18H39NO5Si/c1-7-8-10-16(20)11-9-12-17(21)19-15-18(2,3)13-14-25(22-4,23-5)24-6/h16,20H,7-15H2,1-6H3,(H,19,21). The number of nitrogens with one attached hydrogen (secondary N) is 1. The number of hydrogen-bond acceptors (Lipinski definition) is 5. The number of rotatable bonds is 15. The molecule has 6 nitrogen and oxygen atoms in total. The Balaban J connectivity index is 4.08. The summed E-state index contributed by atoms with van der Waals surface area (Å²) in [6, 6.07) is 0.711. The highest BCUT2D eigenvalue weighted by Crippen LogP contribution is 2.27. The van der Waals surface area contributed by atoms with Crippen molar-refractivity contribution >= 4 is 14.7 Å². The van der Waals surface area contributed by atoms with Crippen LogP contribution in [0.5, 0.6) is 0 Å². The molecule has 0 heterocycles. The second-order valence-electron chi connectivity index (χ2n) is 7.42. The lowest BCUT2D eigenvalue weighted by Gasteiger charge is -2.30. The smallest absolute Gasteiger partial charge is 0.393 e. The Morgan fingerprint density at radius 2 is 1.68 bits per heavy atom. The molecule has 0 aliphatic carbocycles. The average Bonchev–Trinajstić information content (AvgIpc) is 2.60. The largest absolute Gasteiger partial charge is 0.500 e. The topological polar surface area (TPSA) is 77.0 Å². The van der Waals surface area contributed by atoms with E-state index in [0.717, 1.165) is 32.1 Å². The number of unbranched alkanes of at least 4 members (excludes halogenated alkanes) is 1. The molecule has 150 valence electrons. The Bertz CT molecular complexity index is 353. The summed E-state index contributed by atoms with van der Waals surface area (Å²) in [5.74, 6) is 0.0458. The molecule has 0 radical (unpaired) electrons. The van der Waals surface area contributed by atoms with Crippen LogP contribution < -0.4 is 5.32 Å². The first-order valence-electron chi connectivity index (χ1n) is 9.34. The van der Waals surface area contributed by atoms with Crippen LogP contribution in [0.15, 0.2) is 0 Å². The van der Waals surface area contributed by atoms with Crippen LogP contribution in [0.4, 0.5) is 0 Å². The zero-order chi connectivity index (χ0) is 19.3. The van der Waals surface area contributed by atoms with E-state index in [1.807, 2.05) is 0 Å². The van der Waals surface area contributed by atoms with Crippen LogP contribution in [0.25, 0.3) is 0 Å². The molecule has 1 amide bonds. The van der Waals surface area contributed by atoms with Crippen LogP contribution in [-0.4, -0.2) is 53.8 Å². The van der Waals surface area contributed by atoms with Crippen molar-refractivity contribution in [3.8, 4) is 0 Å². The summed E-state index contributed by atoms with van der Waals surface area (Å²) in [5.41, 5.74) is -0.0653. The Morgan fingerprint density at radius 1 is 1.12 bits per heavy atom. The van der Waals surface area contributed by atoms with E-state index in [0.29, 0.717) is 25.4 Å². The van der Waals surface area contributed by atoms with Crippen LogP contribution in [-0.2, 0) is 18.1 Å². The van der Waals surface area contributed by atoms with E-state index < -0.39 is 8.80 Å². The highest BCUT2D eigenvalue weighted by Gasteiger charge is 2.39. The molecule has 0 rings (SSSR count). The van der Waals surface area contributed by atoms with Crippen molar-refractivity contribution in [3.05, 3.63) is 0 Å². The lowest BCUT2D eigenvalue weighted by atomic mass is 9.90. The van der Waals surface area contributed by atoms with Gasteiger partial charge >= 0.3 is 8.80 Å². The molecule has 0 saturated carbocycles. The zero-order valence-electron chi connectivity index (χ0n) is 17.0. The Labute approximate surface area is 155 Å². The van der Waals surface area contributed by atoms with Gasteiger partial charge in [-0.3, -0.25) is 4.79 Å². The monoisotopic (exact) mass is 377 g/mol. The number of aliphatic hydroxyl groups excluding tert-OH is 1. The third-order valence-corrected chi connectivity index (χ3v) is 7.37. The number of amides is 1. The summed E-state index contributed by atoms with van der Waals surface area (Å²) >= 11 is 0. The van der Waals surface area contributed by atoms with E-state index in [-0.39, 0.29) is 17.4 Å². The van der Waals surface area contributed by atoms with Crippen molar-refractivity contribution in [2.45, 2.75) is 77.9 Å². The lowest BCUT2D eigenvalue weighted by molar-refractivity contribution is -0.121. The average molecular weight is 378 g/mol. The SMILES string of the molecule is CCCCC(O)CCCC(=O)NCC(C)(C)CC[Si](OC)(OC)OC. The van der Waals surface area contributed by atoms with Crippen molar-refractivity contribution in [3.63, 3.8) is 0 Å². The summed E-state index contributed by atoms with van der Waals surface area (Å²) in [5, 5.41) is 12.8. The van der Waals surface area contributed by atoms with Crippen molar-refractivity contribution in [2.75, 3.05) is 27.9 Å². The summed E-state index contributed by atoms with van der Waals surface area (Å²) in [6.07, 6.45) is 5.40. The normalized spacial score (nSPS) is 13.7. The van der Waals surface area contributed by atoms with E-state index in [1.165, 1.54) is 0 Å². The van der Waals surface area contributed by atoms with E-state index in [1.54, 1.807) is 21.3 Å². The summed E-state index contributed by atoms with van der Waals surface area (Å²) in [6.45, 7) is 6.94. The molecular formula is C18H39NO5Si. The van der Waals surface area contributed by atoms with Crippen LogP contribution in [0, 0.1) is 5.41 Å². The maximum Gasteiger partial charge on any atom is 0.500 e. The van der Waals surface area contributed by atoms with E-state index in [4.69, 9.17) is 13.3 Å². The summed E-state index contributed by atoms with van der Waals surface area (Å²) in [4.78, 5) is 12.0. The van der Waals surface area contributed by atoms with E-state index in [9.17, 15) is 9.90 Å². The van der Waals surface area contributed by atoms with Crippen LogP contribution in [0.2, 0.25) is 6.04 Å². The van der Waals surface area contributed by atoms with Gasteiger partial charge in [0.2, 0.25) is 5.91 Å². The predicted molar refractivity (Wildman–Crippen MR) is 102 cm³/mol. The Kier molecular flexibility index (Phi) is 12.6. The molecule has 0 spiro atoms. The Morgan fingerprint density at radius 3 is 2.20 bits per heavy atom. The number of aliphatic hydroxyl groups is 1. The maximum absolute atomic E-state index is 12.0. The number of carbonyl (C=O) groups is 1. The minimum absolute atomic E-state index is 0.0458. The fourth-order valence-corrected chi connectivity index (χ4v) is 4.74. The first-order chi connectivity index (χ1) is 11.7. The summed E-state index contributed by atoms with van der Waals surface area (Å²) < 4.78 is 16.3. The lowest BCUT2D eigenvalue weighted by Crippen LogP contribution is -2.44. The predicted octanol–water partition coefficient (Wildman–Crippen LogP) is 3.12. The van der Waals surface area contributed by atoms with Gasteiger partial charge in [0.25, 0.3) is 0 Å². The van der Waals surface area contributed by atoms with E-state index in [2.05, 4.69) is 26.1 Å². The van der Waals surface area contributed by atoms with Crippen molar-refractivity contribution in [2.24, 2.45) is 5.41 Å². The highest BCUT2D eigenvalue weighted by atomic mass is 28.4. The molecule has 2 N–H and O–H groups in total. The third kappa shape index (κ3) is 11.0. The number of carbonyl (C=O) groups excluding carboxylic acids is 1. The molecule has 25 heavy (non-hydrogen) atoms. The molecule has 1 unspecified atom stereocenters. The van der Waals surface area contributed by atoms with Gasteiger partial charge in [-0.1, -0.05) is 33.6 Å². The summed E-state index contributed by atoms with van der Waals surface area (Å²) in [7, 11) is 2.27. The second kappa shape index (κ2) is 12.8. The fraction of sp³-hybridized carbons (Fsp3) is 0.944. The highest BCUT2D eigenvalue weighted by molar-refractivity contribution is 6.60. The van der Waals surface area contributed by atoms with Gasteiger partial charge in [-0.15, -0.1) is 0 Å². The quantitative estimate of drug-likeness (QED) is 0.429. The molecule has 0 fully saturated rings. The molecule has 1 atom stereocenters. The Hall–Kier alpha value is -0.473. The molecule has 7 heteroatoms. The minimum atomic E-state index is -2.57. The van der Waals surface area contributed by atoms with Crippen LogP contribution in [0.3, 0.4) is 0 Å². The van der Waals surface area contributed by atoms with Gasteiger partial charge in [0, 0.05) is 40.3 Å². The molecule has 0 aromatic rings. The minimum Gasteiger partial charge on any atom is -0.393 e. The maximum atomic E-state index is 12.0. The van der Waals surface area contributed by atoms with E-state index >= 15 is 0 Å². The molecule has 0 aromatic heterocycles. The molecule has 0 aliphatic rings. The van der Waals surface area contributed by atoms with Gasteiger partial charge in [0.15, 0.2) is 0 Å². The zero-order valence-corrected chi connectivity index (χ0v) is 18.0.